The van der Waals surface area contributed by atoms with Gasteiger partial charge < -0.3 is 10.4 Å². The van der Waals surface area contributed by atoms with Crippen LogP contribution in [0.4, 0.5) is 10.1 Å². The van der Waals surface area contributed by atoms with Gasteiger partial charge in [-0.3, -0.25) is 4.79 Å². The first-order valence-corrected chi connectivity index (χ1v) is 5.36. The second-order valence-electron chi connectivity index (χ2n) is 3.47. The molecule has 0 aliphatic heterocycles. The van der Waals surface area contributed by atoms with E-state index in [2.05, 4.69) is 10.3 Å². The van der Waals surface area contributed by atoms with Gasteiger partial charge in [-0.2, -0.15) is 4.39 Å². The fraction of sp³-hybridized carbons (Fsp3) is 0. The van der Waals surface area contributed by atoms with Crippen molar-refractivity contribution in [3.63, 3.8) is 0 Å². The average molecular weight is 267 g/mol. The van der Waals surface area contributed by atoms with Crippen molar-refractivity contribution in [2.75, 3.05) is 5.32 Å². The molecule has 2 aromatic rings. The van der Waals surface area contributed by atoms with Crippen molar-refractivity contribution < 1.29 is 14.3 Å². The molecule has 1 aromatic heterocycles. The van der Waals surface area contributed by atoms with Crippen molar-refractivity contribution in [3.8, 4) is 5.75 Å². The van der Waals surface area contributed by atoms with Gasteiger partial charge >= 0.3 is 0 Å². The third kappa shape index (κ3) is 2.75. The Bertz CT molecular complexity index is 604. The van der Waals surface area contributed by atoms with Gasteiger partial charge in [0.2, 0.25) is 5.95 Å². The quantitative estimate of drug-likeness (QED) is 0.649. The van der Waals surface area contributed by atoms with E-state index in [-0.39, 0.29) is 16.5 Å². The number of amides is 1. The number of nitrogens with one attached hydrogen (secondary N) is 1. The number of hydrogen-bond acceptors (Lipinski definition) is 3. The molecule has 92 valence electrons. The molecule has 0 aliphatic rings. The van der Waals surface area contributed by atoms with Gasteiger partial charge in [-0.15, -0.1) is 0 Å². The number of phenols is 1. The zero-order valence-electron chi connectivity index (χ0n) is 9.02. The number of aromatic hydroxyl groups is 1. The van der Waals surface area contributed by atoms with E-state index in [9.17, 15) is 14.3 Å². The highest BCUT2D eigenvalue weighted by Crippen LogP contribution is 2.26. The monoisotopic (exact) mass is 266 g/mol. The lowest BCUT2D eigenvalue weighted by atomic mass is 10.2. The molecule has 0 spiro atoms. The van der Waals surface area contributed by atoms with Crippen molar-refractivity contribution in [3.05, 3.63) is 53.1 Å². The lowest BCUT2D eigenvalue weighted by Gasteiger charge is -2.05. The first-order valence-electron chi connectivity index (χ1n) is 4.98. The minimum atomic E-state index is -0.730. The Morgan fingerprint density at radius 2 is 2.11 bits per heavy atom. The number of aromatic nitrogens is 1. The van der Waals surface area contributed by atoms with E-state index >= 15 is 0 Å². The predicted octanol–water partition coefficient (Wildman–Crippen LogP) is 2.83. The molecule has 0 atom stereocenters. The summed E-state index contributed by atoms with van der Waals surface area (Å²) in [5.74, 6) is -1.37. The van der Waals surface area contributed by atoms with Crippen LogP contribution in [0.3, 0.4) is 0 Å². The summed E-state index contributed by atoms with van der Waals surface area (Å²) in [4.78, 5) is 15.2. The first-order chi connectivity index (χ1) is 8.56. The van der Waals surface area contributed by atoms with Crippen LogP contribution >= 0.6 is 11.6 Å². The molecule has 1 amide bonds. The summed E-state index contributed by atoms with van der Waals surface area (Å²) >= 11 is 5.69. The number of phenolic OH excluding ortho intramolecular Hbond substituents is 1. The standard InChI is InChI=1S/C12H8ClFN2O2/c13-8-6-7(4-5-10(8)17)15-12(18)9-2-1-3-11(14)16-9/h1-6,17H,(H,15,18). The third-order valence-corrected chi connectivity index (χ3v) is 2.46. The molecule has 0 unspecified atom stereocenters. The van der Waals surface area contributed by atoms with Crippen molar-refractivity contribution >= 4 is 23.2 Å². The van der Waals surface area contributed by atoms with Gasteiger partial charge in [-0.1, -0.05) is 17.7 Å². The molecule has 2 rings (SSSR count). The molecular formula is C12H8ClFN2O2. The topological polar surface area (TPSA) is 62.2 Å². The number of rotatable bonds is 2. The molecule has 0 bridgehead atoms. The van der Waals surface area contributed by atoms with Crippen molar-refractivity contribution in [1.29, 1.82) is 0 Å². The molecule has 1 aromatic carbocycles. The van der Waals surface area contributed by atoms with E-state index in [0.29, 0.717) is 5.69 Å². The number of anilines is 1. The van der Waals surface area contributed by atoms with Crippen LogP contribution in [0.25, 0.3) is 0 Å². The highest BCUT2D eigenvalue weighted by molar-refractivity contribution is 6.32. The molecule has 1 heterocycles. The third-order valence-electron chi connectivity index (χ3n) is 2.15. The van der Waals surface area contributed by atoms with Crippen LogP contribution < -0.4 is 5.32 Å². The van der Waals surface area contributed by atoms with Gasteiger partial charge in [0.25, 0.3) is 5.91 Å². The summed E-state index contributed by atoms with van der Waals surface area (Å²) in [6.45, 7) is 0. The minimum Gasteiger partial charge on any atom is -0.506 e. The summed E-state index contributed by atoms with van der Waals surface area (Å²) in [5, 5.41) is 11.8. The van der Waals surface area contributed by atoms with Crippen LogP contribution in [-0.2, 0) is 0 Å². The molecule has 18 heavy (non-hydrogen) atoms. The minimum absolute atomic E-state index is 0.0424. The summed E-state index contributed by atoms with van der Waals surface area (Å²) in [6, 6.07) is 8.12. The Hall–Kier alpha value is -2.14. The van der Waals surface area contributed by atoms with E-state index in [4.69, 9.17) is 11.6 Å². The summed E-state index contributed by atoms with van der Waals surface area (Å²) in [5.41, 5.74) is 0.341. The fourth-order valence-electron chi connectivity index (χ4n) is 1.31. The van der Waals surface area contributed by atoms with E-state index in [1.165, 1.54) is 30.3 Å². The molecule has 6 heteroatoms. The van der Waals surface area contributed by atoms with Crippen LogP contribution in [0.2, 0.25) is 5.02 Å². The Kier molecular flexibility index (Phi) is 3.43. The smallest absolute Gasteiger partial charge is 0.274 e. The second-order valence-corrected chi connectivity index (χ2v) is 3.87. The van der Waals surface area contributed by atoms with Gasteiger partial charge in [0, 0.05) is 5.69 Å². The Balaban J connectivity index is 2.18. The van der Waals surface area contributed by atoms with Gasteiger partial charge in [-0.05, 0) is 30.3 Å². The number of hydrogen-bond donors (Lipinski definition) is 2. The molecule has 2 N–H and O–H groups in total. The van der Waals surface area contributed by atoms with Crippen LogP contribution in [0.5, 0.6) is 5.75 Å². The molecular weight excluding hydrogens is 259 g/mol. The van der Waals surface area contributed by atoms with Gasteiger partial charge in [-0.25, -0.2) is 4.98 Å². The zero-order valence-corrected chi connectivity index (χ0v) is 9.78. The van der Waals surface area contributed by atoms with E-state index in [0.717, 1.165) is 6.07 Å². The summed E-state index contributed by atoms with van der Waals surface area (Å²) in [7, 11) is 0. The molecule has 0 saturated carbocycles. The molecule has 0 radical (unpaired) electrons. The predicted molar refractivity (Wildman–Crippen MR) is 65.3 cm³/mol. The average Bonchev–Trinajstić information content (AvgIpc) is 2.34. The molecule has 0 fully saturated rings. The molecule has 0 aliphatic carbocycles. The number of carbonyl (C=O) groups is 1. The van der Waals surface area contributed by atoms with Crippen LogP contribution in [0.15, 0.2) is 36.4 Å². The maximum Gasteiger partial charge on any atom is 0.274 e. The van der Waals surface area contributed by atoms with Crippen LogP contribution in [-0.4, -0.2) is 16.0 Å². The van der Waals surface area contributed by atoms with Crippen molar-refractivity contribution in [2.45, 2.75) is 0 Å². The number of nitrogens with zero attached hydrogens (tertiary/aromatic N) is 1. The highest BCUT2D eigenvalue weighted by Gasteiger charge is 2.09. The normalized spacial score (nSPS) is 10.1. The van der Waals surface area contributed by atoms with E-state index in [1.807, 2.05) is 0 Å². The number of benzene rings is 1. The highest BCUT2D eigenvalue weighted by atomic mass is 35.5. The van der Waals surface area contributed by atoms with E-state index in [1.54, 1.807) is 0 Å². The Labute approximate surface area is 107 Å². The van der Waals surface area contributed by atoms with Crippen molar-refractivity contribution in [2.24, 2.45) is 0 Å². The molecule has 4 nitrogen and oxygen atoms in total. The van der Waals surface area contributed by atoms with Crippen molar-refractivity contribution in [1.82, 2.24) is 4.98 Å². The summed E-state index contributed by atoms with van der Waals surface area (Å²) in [6.07, 6.45) is 0. The first kappa shape index (κ1) is 12.3. The summed E-state index contributed by atoms with van der Waals surface area (Å²) < 4.78 is 12.8. The van der Waals surface area contributed by atoms with Gasteiger partial charge in [0.1, 0.15) is 11.4 Å². The van der Waals surface area contributed by atoms with Crippen LogP contribution in [0, 0.1) is 5.95 Å². The lowest BCUT2D eigenvalue weighted by Crippen LogP contribution is -2.14. The van der Waals surface area contributed by atoms with E-state index < -0.39 is 11.9 Å². The largest absolute Gasteiger partial charge is 0.506 e. The Morgan fingerprint density at radius 3 is 2.78 bits per heavy atom. The number of carbonyl (C=O) groups excluding carboxylic acids is 1. The SMILES string of the molecule is O=C(Nc1ccc(O)c(Cl)c1)c1cccc(F)n1. The maximum absolute atomic E-state index is 12.8. The zero-order chi connectivity index (χ0) is 13.1. The van der Waals surface area contributed by atoms with Gasteiger partial charge in [0.05, 0.1) is 5.02 Å². The second kappa shape index (κ2) is 5.01. The number of halogens is 2. The fourth-order valence-corrected chi connectivity index (χ4v) is 1.50. The van der Waals surface area contributed by atoms with Crippen LogP contribution in [0.1, 0.15) is 10.5 Å². The van der Waals surface area contributed by atoms with Gasteiger partial charge in [0.15, 0.2) is 0 Å². The number of pyridine rings is 1. The lowest BCUT2D eigenvalue weighted by molar-refractivity contribution is 0.102. The maximum atomic E-state index is 12.8. The molecule has 0 saturated heterocycles. The Morgan fingerprint density at radius 1 is 1.33 bits per heavy atom.